The van der Waals surface area contributed by atoms with Crippen LogP contribution in [0, 0.1) is 0 Å². The predicted molar refractivity (Wildman–Crippen MR) is 95.3 cm³/mol. The molecule has 2 aromatic rings. The van der Waals surface area contributed by atoms with Gasteiger partial charge in [0, 0.05) is 19.7 Å². The van der Waals surface area contributed by atoms with E-state index in [0.717, 1.165) is 16.9 Å². The molecule has 25 heavy (non-hydrogen) atoms. The third kappa shape index (κ3) is 5.28. The fourth-order valence-corrected chi connectivity index (χ4v) is 3.16. The standard InChI is InChI=1S/C16H18N4O4S/c1-9(21)18-15-20-12(13(25-15)14(22)17-2)8-5-10-3-6-11(7-4-10)19-16(23)24/h3-4,6-7,19H,5,8H2,1-2H3,(H,17,22)(H,23,24)(H,18,20,21). The maximum Gasteiger partial charge on any atom is 0.409 e. The Morgan fingerprint density at radius 1 is 1.12 bits per heavy atom. The van der Waals surface area contributed by atoms with Gasteiger partial charge in [0.1, 0.15) is 4.88 Å². The Balaban J connectivity index is 2.10. The molecule has 0 bridgehead atoms. The van der Waals surface area contributed by atoms with Gasteiger partial charge in [0.15, 0.2) is 5.13 Å². The molecule has 8 nitrogen and oxygen atoms in total. The van der Waals surface area contributed by atoms with Gasteiger partial charge in [0.25, 0.3) is 5.91 Å². The summed E-state index contributed by atoms with van der Waals surface area (Å²) in [5.41, 5.74) is 2.08. The van der Waals surface area contributed by atoms with Crippen LogP contribution in [0.3, 0.4) is 0 Å². The lowest BCUT2D eigenvalue weighted by atomic mass is 10.1. The normalized spacial score (nSPS) is 10.2. The molecule has 0 aliphatic heterocycles. The predicted octanol–water partition coefficient (Wildman–Crippen LogP) is 2.34. The zero-order chi connectivity index (χ0) is 18.4. The van der Waals surface area contributed by atoms with Crippen LogP contribution in [0.15, 0.2) is 24.3 Å². The highest BCUT2D eigenvalue weighted by atomic mass is 32.1. The highest BCUT2D eigenvalue weighted by Gasteiger charge is 2.17. The van der Waals surface area contributed by atoms with Gasteiger partial charge in [-0.2, -0.15) is 0 Å². The quantitative estimate of drug-likeness (QED) is 0.628. The molecule has 0 unspecified atom stereocenters. The van der Waals surface area contributed by atoms with Gasteiger partial charge < -0.3 is 15.7 Å². The first-order chi connectivity index (χ1) is 11.9. The second-order valence-corrected chi connectivity index (χ2v) is 6.18. The van der Waals surface area contributed by atoms with Crippen molar-refractivity contribution in [2.24, 2.45) is 0 Å². The summed E-state index contributed by atoms with van der Waals surface area (Å²) < 4.78 is 0. The number of carbonyl (C=O) groups is 3. The molecule has 2 rings (SSSR count). The summed E-state index contributed by atoms with van der Waals surface area (Å²) in [4.78, 5) is 38.5. The number of amides is 3. The van der Waals surface area contributed by atoms with E-state index >= 15 is 0 Å². The van der Waals surface area contributed by atoms with Crippen molar-refractivity contribution < 1.29 is 19.5 Å². The van der Waals surface area contributed by atoms with Crippen molar-refractivity contribution in [3.8, 4) is 0 Å². The van der Waals surface area contributed by atoms with Gasteiger partial charge in [-0.05, 0) is 30.5 Å². The number of hydrogen-bond acceptors (Lipinski definition) is 5. The molecule has 0 aliphatic carbocycles. The minimum absolute atomic E-state index is 0.245. The van der Waals surface area contributed by atoms with E-state index < -0.39 is 6.09 Å². The molecule has 1 aromatic carbocycles. The molecule has 0 saturated carbocycles. The highest BCUT2D eigenvalue weighted by molar-refractivity contribution is 7.17. The van der Waals surface area contributed by atoms with E-state index in [1.54, 1.807) is 12.1 Å². The largest absolute Gasteiger partial charge is 0.465 e. The summed E-state index contributed by atoms with van der Waals surface area (Å²) in [7, 11) is 1.54. The summed E-state index contributed by atoms with van der Waals surface area (Å²) in [6.45, 7) is 1.38. The number of aryl methyl sites for hydroxylation is 2. The lowest BCUT2D eigenvalue weighted by molar-refractivity contribution is -0.114. The first kappa shape index (κ1) is 18.4. The minimum atomic E-state index is -1.11. The molecule has 0 atom stereocenters. The molecular weight excluding hydrogens is 344 g/mol. The van der Waals surface area contributed by atoms with Crippen molar-refractivity contribution in [3.05, 3.63) is 40.4 Å². The second-order valence-electron chi connectivity index (χ2n) is 5.18. The van der Waals surface area contributed by atoms with Crippen molar-refractivity contribution in [2.45, 2.75) is 19.8 Å². The first-order valence-electron chi connectivity index (χ1n) is 7.47. The van der Waals surface area contributed by atoms with E-state index in [9.17, 15) is 14.4 Å². The van der Waals surface area contributed by atoms with Crippen molar-refractivity contribution in [3.63, 3.8) is 0 Å². The second kappa shape index (κ2) is 8.25. The van der Waals surface area contributed by atoms with Crippen LogP contribution in [-0.2, 0) is 17.6 Å². The summed E-state index contributed by atoms with van der Waals surface area (Å²) in [6.07, 6.45) is 0.0291. The number of carboxylic acid groups (broad SMARTS) is 1. The summed E-state index contributed by atoms with van der Waals surface area (Å²) in [5.74, 6) is -0.490. The van der Waals surface area contributed by atoms with E-state index in [4.69, 9.17) is 5.11 Å². The molecular formula is C16H18N4O4S. The van der Waals surface area contributed by atoms with Gasteiger partial charge >= 0.3 is 6.09 Å². The van der Waals surface area contributed by atoms with Crippen molar-refractivity contribution >= 4 is 40.1 Å². The van der Waals surface area contributed by atoms with Crippen LogP contribution in [0.1, 0.15) is 27.9 Å². The van der Waals surface area contributed by atoms with Crippen LogP contribution in [-0.4, -0.2) is 35.0 Å². The van der Waals surface area contributed by atoms with Crippen molar-refractivity contribution in [1.29, 1.82) is 0 Å². The monoisotopic (exact) mass is 362 g/mol. The Hall–Kier alpha value is -2.94. The highest BCUT2D eigenvalue weighted by Crippen LogP contribution is 2.24. The van der Waals surface area contributed by atoms with E-state index in [1.807, 2.05) is 12.1 Å². The molecule has 3 amide bonds. The molecule has 1 heterocycles. The molecule has 0 saturated heterocycles. The third-order valence-electron chi connectivity index (χ3n) is 3.27. The number of nitrogens with one attached hydrogen (secondary N) is 3. The van der Waals surface area contributed by atoms with Crippen LogP contribution < -0.4 is 16.0 Å². The van der Waals surface area contributed by atoms with Gasteiger partial charge in [0.05, 0.1) is 5.69 Å². The summed E-state index contributed by atoms with van der Waals surface area (Å²) >= 11 is 1.13. The van der Waals surface area contributed by atoms with Crippen LogP contribution >= 0.6 is 11.3 Å². The lowest BCUT2D eigenvalue weighted by Gasteiger charge is -2.04. The number of carbonyl (C=O) groups excluding carboxylic acids is 2. The topological polar surface area (TPSA) is 120 Å². The first-order valence-corrected chi connectivity index (χ1v) is 8.29. The number of hydrogen-bond donors (Lipinski definition) is 4. The van der Waals surface area contributed by atoms with Crippen LogP contribution in [0.5, 0.6) is 0 Å². The molecule has 132 valence electrons. The fraction of sp³-hybridized carbons (Fsp3) is 0.250. The van der Waals surface area contributed by atoms with Crippen LogP contribution in [0.4, 0.5) is 15.6 Å². The number of rotatable bonds is 6. The number of aromatic nitrogens is 1. The van der Waals surface area contributed by atoms with Gasteiger partial charge in [-0.15, -0.1) is 0 Å². The molecule has 1 aromatic heterocycles. The Labute approximate surface area is 148 Å². The summed E-state index contributed by atoms with van der Waals surface area (Å²) in [5, 5.41) is 16.5. The fourth-order valence-electron chi connectivity index (χ4n) is 2.16. The molecule has 0 radical (unpaired) electrons. The average molecular weight is 362 g/mol. The molecule has 0 aliphatic rings. The van der Waals surface area contributed by atoms with Crippen molar-refractivity contribution in [2.75, 3.05) is 17.7 Å². The average Bonchev–Trinajstić information content (AvgIpc) is 2.95. The lowest BCUT2D eigenvalue weighted by Crippen LogP contribution is -2.18. The van der Waals surface area contributed by atoms with Gasteiger partial charge in [-0.3, -0.25) is 14.9 Å². The van der Waals surface area contributed by atoms with E-state index in [1.165, 1.54) is 14.0 Å². The molecule has 0 fully saturated rings. The zero-order valence-corrected chi connectivity index (χ0v) is 14.6. The number of nitrogens with zero attached hydrogens (tertiary/aromatic N) is 1. The van der Waals surface area contributed by atoms with Gasteiger partial charge in [-0.1, -0.05) is 23.5 Å². The Kier molecular flexibility index (Phi) is 6.07. The third-order valence-corrected chi connectivity index (χ3v) is 4.28. The molecule has 4 N–H and O–H groups in total. The van der Waals surface area contributed by atoms with Gasteiger partial charge in [0.2, 0.25) is 5.91 Å². The Morgan fingerprint density at radius 2 is 1.80 bits per heavy atom. The number of thiazole rings is 1. The summed E-state index contributed by atoms with van der Waals surface area (Å²) in [6, 6.07) is 6.97. The van der Waals surface area contributed by atoms with Crippen molar-refractivity contribution in [1.82, 2.24) is 10.3 Å². The van der Waals surface area contributed by atoms with E-state index in [-0.39, 0.29) is 11.8 Å². The molecule has 0 spiro atoms. The van der Waals surface area contributed by atoms with Gasteiger partial charge in [-0.25, -0.2) is 9.78 Å². The number of anilines is 2. The minimum Gasteiger partial charge on any atom is -0.465 e. The zero-order valence-electron chi connectivity index (χ0n) is 13.8. The van der Waals surface area contributed by atoms with E-state index in [2.05, 4.69) is 20.9 Å². The van der Waals surface area contributed by atoms with Crippen LogP contribution in [0.25, 0.3) is 0 Å². The maximum atomic E-state index is 12.0. The molecule has 9 heteroatoms. The van der Waals surface area contributed by atoms with Crippen LogP contribution in [0.2, 0.25) is 0 Å². The number of benzene rings is 1. The van der Waals surface area contributed by atoms with E-state index in [0.29, 0.717) is 34.2 Å². The maximum absolute atomic E-state index is 12.0. The Morgan fingerprint density at radius 3 is 2.36 bits per heavy atom. The smallest absolute Gasteiger partial charge is 0.409 e. The Bertz CT molecular complexity index is 786. The SMILES string of the molecule is CNC(=O)c1sc(NC(C)=O)nc1CCc1ccc(NC(=O)O)cc1.